The molecule has 0 saturated heterocycles. The highest BCUT2D eigenvalue weighted by Gasteiger charge is 2.20. The van der Waals surface area contributed by atoms with E-state index in [1.165, 1.54) is 18.9 Å². The van der Waals surface area contributed by atoms with E-state index < -0.39 is 18.0 Å². The molecule has 2 amide bonds. The molecule has 126 valence electrons. The van der Waals surface area contributed by atoms with Gasteiger partial charge in [0.15, 0.2) is 1.41 Å². The average molecular weight is 334 g/mol. The second-order valence-corrected chi connectivity index (χ2v) is 5.29. The Morgan fingerprint density at radius 3 is 2.68 bits per heavy atom. The number of primary amides is 1. The van der Waals surface area contributed by atoms with Crippen LogP contribution in [0.15, 0.2) is 12.3 Å². The topological polar surface area (TPSA) is 123 Å². The molecule has 8 nitrogen and oxygen atoms in total. The summed E-state index contributed by atoms with van der Waals surface area (Å²) in [7, 11) is 2.94. The minimum Gasteiger partial charge on any atom is -0.468 e. The molecule has 0 unspecified atom stereocenters. The summed E-state index contributed by atoms with van der Waals surface area (Å²) >= 11 is 1.27. The predicted molar refractivity (Wildman–Crippen MR) is 86.1 cm³/mol. The van der Waals surface area contributed by atoms with E-state index >= 15 is 0 Å². The van der Waals surface area contributed by atoms with Crippen LogP contribution < -0.4 is 21.7 Å². The first-order valence-electron chi connectivity index (χ1n) is 7.18. The molecule has 0 rings (SSSR count). The van der Waals surface area contributed by atoms with Crippen molar-refractivity contribution in [3.63, 3.8) is 0 Å². The van der Waals surface area contributed by atoms with Gasteiger partial charge in [0, 0.05) is 12.3 Å². The van der Waals surface area contributed by atoms with Crippen molar-refractivity contribution >= 4 is 29.5 Å². The summed E-state index contributed by atoms with van der Waals surface area (Å²) in [6.45, 7) is 1.81. The van der Waals surface area contributed by atoms with E-state index in [2.05, 4.69) is 20.7 Å². The maximum atomic E-state index is 12.1. The number of hydrogen-bond donors (Lipinski definition) is 4. The van der Waals surface area contributed by atoms with E-state index in [9.17, 15) is 14.4 Å². The third-order valence-corrected chi connectivity index (χ3v) is 3.67. The summed E-state index contributed by atoms with van der Waals surface area (Å²) in [5.41, 5.74) is 1.79. The SMILES string of the molecule is [3H]NC(=O)[C@H](CNC(=O)[C@H](CSCC(=O)OC)NC)NC=CC. The quantitative estimate of drug-likeness (QED) is 0.342. The summed E-state index contributed by atoms with van der Waals surface area (Å²) in [4.78, 5) is 34.6. The van der Waals surface area contributed by atoms with Gasteiger partial charge in [-0.2, -0.15) is 0 Å². The Morgan fingerprint density at radius 1 is 1.41 bits per heavy atom. The first kappa shape index (κ1) is 18.3. The van der Waals surface area contributed by atoms with E-state index in [1.807, 2.05) is 0 Å². The van der Waals surface area contributed by atoms with Crippen molar-refractivity contribution in [1.82, 2.24) is 16.0 Å². The Balaban J connectivity index is 4.38. The van der Waals surface area contributed by atoms with Gasteiger partial charge in [0.1, 0.15) is 6.04 Å². The molecule has 0 fully saturated rings. The van der Waals surface area contributed by atoms with Crippen LogP contribution in [0.5, 0.6) is 0 Å². The Bertz CT molecular complexity index is 423. The fraction of sp³-hybridized carbons (Fsp3) is 0.615. The molecule has 0 aliphatic heterocycles. The normalized spacial score (nSPS) is 13.9. The second-order valence-electron chi connectivity index (χ2n) is 4.26. The standard InChI is InChI=1S/C13H24N4O4S/c1-4-5-16-9(12(14)19)6-17-13(20)10(15-2)7-22-8-11(18)21-3/h4-5,9-10,15-16H,6-8H2,1-3H3,(H2,14,19)(H,17,20)/t9-,10-/m0/s1/i/hT. The smallest absolute Gasteiger partial charge is 0.315 e. The van der Waals surface area contributed by atoms with Crippen molar-refractivity contribution in [3.05, 3.63) is 12.3 Å². The Morgan fingerprint density at radius 2 is 2.14 bits per heavy atom. The van der Waals surface area contributed by atoms with Crippen molar-refractivity contribution in [2.24, 2.45) is 5.73 Å². The molecule has 0 aromatic carbocycles. The maximum Gasteiger partial charge on any atom is 0.315 e. The number of carbonyl (C=O) groups excluding carboxylic acids is 3. The van der Waals surface area contributed by atoms with Crippen LogP contribution in [0, 0.1) is 0 Å². The lowest BCUT2D eigenvalue weighted by atomic mass is 10.2. The fourth-order valence-corrected chi connectivity index (χ4v) is 2.33. The number of nitrogens with two attached hydrogens (primary N) is 1. The minimum atomic E-state index is -0.743. The third kappa shape index (κ3) is 8.53. The average Bonchev–Trinajstić information content (AvgIpc) is 2.57. The van der Waals surface area contributed by atoms with Crippen LogP contribution in [0.4, 0.5) is 0 Å². The molecule has 0 spiro atoms. The van der Waals surface area contributed by atoms with Crippen molar-refractivity contribution in [1.29, 1.82) is 0 Å². The number of ether oxygens (including phenoxy) is 1. The van der Waals surface area contributed by atoms with Crippen LogP contribution >= 0.6 is 11.8 Å². The number of allylic oxidation sites excluding steroid dienone is 1. The zero-order valence-electron chi connectivity index (χ0n) is 14.0. The number of amides is 2. The van der Waals surface area contributed by atoms with Gasteiger partial charge in [-0.15, -0.1) is 11.8 Å². The van der Waals surface area contributed by atoms with Gasteiger partial charge in [0.25, 0.3) is 0 Å². The molecule has 0 aliphatic carbocycles. The van der Waals surface area contributed by atoms with E-state index in [1.54, 1.807) is 32.0 Å². The number of methoxy groups -OCH3 is 1. The van der Waals surface area contributed by atoms with Gasteiger partial charge in [-0.25, -0.2) is 0 Å². The summed E-state index contributed by atoms with van der Waals surface area (Å²) in [6, 6.07) is -1.25. The molecule has 22 heavy (non-hydrogen) atoms. The van der Waals surface area contributed by atoms with Crippen LogP contribution in [-0.4, -0.2) is 62.1 Å². The molecular formula is C13H24N4O4S. The number of nitrogens with one attached hydrogen (secondary N) is 3. The Kier molecular flexibility index (Phi) is 9.88. The molecule has 0 aliphatic rings. The third-order valence-electron chi connectivity index (χ3n) is 2.66. The van der Waals surface area contributed by atoms with Crippen molar-refractivity contribution < 1.29 is 20.5 Å². The molecule has 0 radical (unpaired) electrons. The number of esters is 1. The fourth-order valence-electron chi connectivity index (χ4n) is 1.37. The van der Waals surface area contributed by atoms with Gasteiger partial charge in [-0.3, -0.25) is 14.4 Å². The largest absolute Gasteiger partial charge is 0.468 e. The van der Waals surface area contributed by atoms with Crippen molar-refractivity contribution in [3.8, 4) is 0 Å². The molecule has 0 aromatic rings. The molecule has 0 bridgehead atoms. The number of likely N-dealkylation sites (N-methyl/N-ethyl adjacent to an activating group) is 1. The second kappa shape index (κ2) is 11.9. The molecule has 9 heteroatoms. The monoisotopic (exact) mass is 334 g/mol. The lowest BCUT2D eigenvalue weighted by Gasteiger charge is -2.18. The van der Waals surface area contributed by atoms with Gasteiger partial charge < -0.3 is 26.4 Å². The summed E-state index contributed by atoms with van der Waals surface area (Å²) < 4.78 is 11.4. The zero-order chi connectivity index (χ0) is 17.7. The van der Waals surface area contributed by atoms with Crippen LogP contribution in [0.1, 0.15) is 6.92 Å². The molecule has 5 N–H and O–H groups in total. The van der Waals surface area contributed by atoms with Gasteiger partial charge in [0.05, 0.1) is 18.9 Å². The zero-order valence-corrected chi connectivity index (χ0v) is 13.8. The summed E-state index contributed by atoms with van der Waals surface area (Å²) in [5.74, 6) is -0.656. The van der Waals surface area contributed by atoms with Crippen molar-refractivity contribution in [2.75, 3.05) is 32.2 Å². The Hall–Kier alpha value is -1.74. The number of rotatable bonds is 11. The summed E-state index contributed by atoms with van der Waals surface area (Å²) in [6.07, 6.45) is 3.26. The van der Waals surface area contributed by atoms with E-state index in [0.717, 1.165) is 0 Å². The van der Waals surface area contributed by atoms with Gasteiger partial charge >= 0.3 is 5.97 Å². The van der Waals surface area contributed by atoms with Gasteiger partial charge in [-0.1, -0.05) is 6.08 Å². The predicted octanol–water partition coefficient (Wildman–Crippen LogP) is -1.43. The maximum absolute atomic E-state index is 12.1. The number of carbonyl (C=O) groups is 3. The van der Waals surface area contributed by atoms with Crippen LogP contribution in [0.3, 0.4) is 0 Å². The molecular weight excluding hydrogens is 308 g/mol. The highest BCUT2D eigenvalue weighted by molar-refractivity contribution is 8.00. The van der Waals surface area contributed by atoms with Gasteiger partial charge in [-0.05, 0) is 20.2 Å². The van der Waals surface area contributed by atoms with E-state index in [4.69, 9.17) is 1.41 Å². The van der Waals surface area contributed by atoms with E-state index in [0.29, 0.717) is 5.75 Å². The molecule has 0 aromatic heterocycles. The molecule has 0 heterocycles. The number of hydrogen-bond acceptors (Lipinski definition) is 7. The van der Waals surface area contributed by atoms with Gasteiger partial charge in [0.2, 0.25) is 11.8 Å². The van der Waals surface area contributed by atoms with Crippen LogP contribution in [0.2, 0.25) is 1.41 Å². The van der Waals surface area contributed by atoms with Crippen LogP contribution in [-0.2, 0) is 19.1 Å². The molecule has 2 atom stereocenters. The summed E-state index contributed by atoms with van der Waals surface area (Å²) in [5, 5.41) is 8.27. The van der Waals surface area contributed by atoms with E-state index in [-0.39, 0.29) is 24.2 Å². The highest BCUT2D eigenvalue weighted by atomic mass is 32.2. The highest BCUT2D eigenvalue weighted by Crippen LogP contribution is 2.03. The minimum absolute atomic E-state index is 0.0355. The Labute approximate surface area is 136 Å². The first-order chi connectivity index (χ1) is 11.0. The lowest BCUT2D eigenvalue weighted by molar-refractivity contribution is -0.137. The lowest BCUT2D eigenvalue weighted by Crippen LogP contribution is -2.51. The number of thioether (sulfide) groups is 1. The van der Waals surface area contributed by atoms with Crippen molar-refractivity contribution in [2.45, 2.75) is 19.0 Å². The molecule has 0 saturated carbocycles. The first-order valence-corrected chi connectivity index (χ1v) is 7.83. The van der Waals surface area contributed by atoms with Crippen LogP contribution in [0.25, 0.3) is 0 Å².